The minimum absolute atomic E-state index is 0.0869. The van der Waals surface area contributed by atoms with Gasteiger partial charge in [-0.3, -0.25) is 4.79 Å². The molecule has 1 N–H and O–H groups in total. The summed E-state index contributed by atoms with van der Waals surface area (Å²) in [7, 11) is 1.79. The Kier molecular flexibility index (Phi) is 4.49. The molecule has 1 atom stereocenters. The number of carbonyl (C=O) groups excluding carboxylic acids is 1. The van der Waals surface area contributed by atoms with E-state index in [1.807, 2.05) is 0 Å². The first kappa shape index (κ1) is 13.7. The summed E-state index contributed by atoms with van der Waals surface area (Å²) in [6.07, 6.45) is 2.28. The number of hydrogen-bond acceptors (Lipinski definition) is 2. The van der Waals surface area contributed by atoms with Crippen LogP contribution >= 0.6 is 23.2 Å². The standard InChI is InChI=1S/C13H16Cl2N2O/c1-17(8-9-4-3-7-16-9)13(18)10-5-2-6-11(14)12(10)15/h2,5-6,9,16H,3-4,7-8H2,1H3. The van der Waals surface area contributed by atoms with Gasteiger partial charge in [0.15, 0.2) is 0 Å². The first-order valence-electron chi connectivity index (χ1n) is 6.02. The molecule has 0 aromatic heterocycles. The second-order valence-corrected chi connectivity index (χ2v) is 5.37. The summed E-state index contributed by atoms with van der Waals surface area (Å²) < 4.78 is 0. The lowest BCUT2D eigenvalue weighted by Crippen LogP contribution is -2.38. The molecule has 1 aliphatic rings. The summed E-state index contributed by atoms with van der Waals surface area (Å²) in [6, 6.07) is 5.51. The number of halogens is 2. The van der Waals surface area contributed by atoms with Gasteiger partial charge in [-0.05, 0) is 31.5 Å². The minimum atomic E-state index is -0.0869. The van der Waals surface area contributed by atoms with Gasteiger partial charge in [-0.2, -0.15) is 0 Å². The van der Waals surface area contributed by atoms with Gasteiger partial charge in [0, 0.05) is 19.6 Å². The maximum absolute atomic E-state index is 12.3. The highest BCUT2D eigenvalue weighted by Crippen LogP contribution is 2.26. The van der Waals surface area contributed by atoms with E-state index in [9.17, 15) is 4.79 Å². The maximum Gasteiger partial charge on any atom is 0.255 e. The van der Waals surface area contributed by atoms with Crippen LogP contribution in [-0.4, -0.2) is 37.0 Å². The molecule has 0 radical (unpaired) electrons. The monoisotopic (exact) mass is 286 g/mol. The molecule has 2 rings (SSSR count). The molecule has 0 bridgehead atoms. The molecule has 0 spiro atoms. The molecule has 0 saturated carbocycles. The Morgan fingerprint density at radius 2 is 2.28 bits per heavy atom. The molecule has 1 aliphatic heterocycles. The van der Waals surface area contributed by atoms with Crippen molar-refractivity contribution >= 4 is 29.1 Å². The highest BCUT2D eigenvalue weighted by molar-refractivity contribution is 6.43. The van der Waals surface area contributed by atoms with Crippen LogP contribution in [0.3, 0.4) is 0 Å². The third kappa shape index (κ3) is 2.97. The summed E-state index contributed by atoms with van der Waals surface area (Å²) in [5.74, 6) is -0.0869. The van der Waals surface area contributed by atoms with Crippen LogP contribution in [0.4, 0.5) is 0 Å². The van der Waals surface area contributed by atoms with E-state index in [2.05, 4.69) is 5.32 Å². The van der Waals surface area contributed by atoms with E-state index in [0.29, 0.717) is 28.2 Å². The molecule has 1 fully saturated rings. The molecule has 98 valence electrons. The molecule has 0 aliphatic carbocycles. The molecule has 1 amide bonds. The number of likely N-dealkylation sites (N-methyl/N-ethyl adjacent to an activating group) is 1. The van der Waals surface area contributed by atoms with E-state index in [-0.39, 0.29) is 5.91 Å². The molecule has 1 unspecified atom stereocenters. The quantitative estimate of drug-likeness (QED) is 0.927. The van der Waals surface area contributed by atoms with E-state index in [1.54, 1.807) is 30.1 Å². The predicted molar refractivity (Wildman–Crippen MR) is 74.4 cm³/mol. The van der Waals surface area contributed by atoms with Crippen molar-refractivity contribution in [2.45, 2.75) is 18.9 Å². The maximum atomic E-state index is 12.3. The number of carbonyl (C=O) groups is 1. The summed E-state index contributed by atoms with van der Waals surface area (Å²) in [5.41, 5.74) is 0.463. The second kappa shape index (κ2) is 5.91. The fourth-order valence-corrected chi connectivity index (χ4v) is 2.58. The molecule has 1 saturated heterocycles. The van der Waals surface area contributed by atoms with Crippen LogP contribution in [0.25, 0.3) is 0 Å². The largest absolute Gasteiger partial charge is 0.340 e. The lowest BCUT2D eigenvalue weighted by molar-refractivity contribution is 0.0784. The number of amides is 1. The zero-order valence-corrected chi connectivity index (χ0v) is 11.8. The Balaban J connectivity index is 2.07. The molecule has 1 heterocycles. The third-order valence-electron chi connectivity index (χ3n) is 3.19. The number of benzene rings is 1. The summed E-state index contributed by atoms with van der Waals surface area (Å²) in [6.45, 7) is 1.73. The predicted octanol–water partition coefficient (Wildman–Crippen LogP) is 2.82. The van der Waals surface area contributed by atoms with Crippen molar-refractivity contribution in [2.75, 3.05) is 20.1 Å². The lowest BCUT2D eigenvalue weighted by Gasteiger charge is -2.22. The highest BCUT2D eigenvalue weighted by Gasteiger charge is 2.21. The molecule has 1 aromatic carbocycles. The van der Waals surface area contributed by atoms with Gasteiger partial charge in [0.25, 0.3) is 5.91 Å². The average Bonchev–Trinajstić information content (AvgIpc) is 2.84. The van der Waals surface area contributed by atoms with Crippen molar-refractivity contribution in [1.29, 1.82) is 0 Å². The van der Waals surface area contributed by atoms with Crippen LogP contribution in [0, 0.1) is 0 Å². The molecule has 18 heavy (non-hydrogen) atoms. The van der Waals surface area contributed by atoms with Gasteiger partial charge in [-0.1, -0.05) is 29.3 Å². The average molecular weight is 287 g/mol. The van der Waals surface area contributed by atoms with Gasteiger partial charge in [-0.15, -0.1) is 0 Å². The topological polar surface area (TPSA) is 32.3 Å². The van der Waals surface area contributed by atoms with Gasteiger partial charge in [0.05, 0.1) is 15.6 Å². The Bertz CT molecular complexity index is 445. The van der Waals surface area contributed by atoms with E-state index >= 15 is 0 Å². The highest BCUT2D eigenvalue weighted by atomic mass is 35.5. The molecular weight excluding hydrogens is 271 g/mol. The Morgan fingerprint density at radius 1 is 1.50 bits per heavy atom. The number of rotatable bonds is 3. The van der Waals surface area contributed by atoms with Crippen LogP contribution in [0.5, 0.6) is 0 Å². The molecular formula is C13H16Cl2N2O. The third-order valence-corrected chi connectivity index (χ3v) is 4.00. The van der Waals surface area contributed by atoms with Gasteiger partial charge in [0.1, 0.15) is 0 Å². The lowest BCUT2D eigenvalue weighted by atomic mass is 10.1. The van der Waals surface area contributed by atoms with Crippen LogP contribution < -0.4 is 5.32 Å². The second-order valence-electron chi connectivity index (χ2n) is 4.58. The van der Waals surface area contributed by atoms with Gasteiger partial charge >= 0.3 is 0 Å². The number of nitrogens with one attached hydrogen (secondary N) is 1. The summed E-state index contributed by atoms with van der Waals surface area (Å²) in [4.78, 5) is 14.0. The van der Waals surface area contributed by atoms with Crippen LogP contribution in [0.15, 0.2) is 18.2 Å². The number of hydrogen-bond donors (Lipinski definition) is 1. The van der Waals surface area contributed by atoms with Crippen molar-refractivity contribution < 1.29 is 4.79 Å². The zero-order chi connectivity index (χ0) is 13.1. The normalized spacial score (nSPS) is 18.9. The number of nitrogens with zero attached hydrogens (tertiary/aromatic N) is 1. The summed E-state index contributed by atoms with van der Waals surface area (Å²) >= 11 is 12.0. The van der Waals surface area contributed by atoms with Crippen LogP contribution in [0.1, 0.15) is 23.2 Å². The summed E-state index contributed by atoms with van der Waals surface area (Å²) in [5, 5.41) is 4.11. The van der Waals surface area contributed by atoms with E-state index in [1.165, 1.54) is 6.42 Å². The van der Waals surface area contributed by atoms with E-state index in [4.69, 9.17) is 23.2 Å². The zero-order valence-electron chi connectivity index (χ0n) is 10.2. The van der Waals surface area contributed by atoms with Crippen LogP contribution in [-0.2, 0) is 0 Å². The van der Waals surface area contributed by atoms with Crippen molar-refractivity contribution in [3.63, 3.8) is 0 Å². The van der Waals surface area contributed by atoms with Crippen LogP contribution in [0.2, 0.25) is 10.0 Å². The van der Waals surface area contributed by atoms with Crippen molar-refractivity contribution in [3.8, 4) is 0 Å². The van der Waals surface area contributed by atoms with Gasteiger partial charge < -0.3 is 10.2 Å². The fraction of sp³-hybridized carbons (Fsp3) is 0.462. The SMILES string of the molecule is CN(CC1CCCN1)C(=O)c1cccc(Cl)c1Cl. The van der Waals surface area contributed by atoms with E-state index in [0.717, 1.165) is 13.0 Å². The smallest absolute Gasteiger partial charge is 0.255 e. The molecule has 3 nitrogen and oxygen atoms in total. The minimum Gasteiger partial charge on any atom is -0.340 e. The molecule has 5 heteroatoms. The fourth-order valence-electron chi connectivity index (χ4n) is 2.20. The van der Waals surface area contributed by atoms with Crippen molar-refractivity contribution in [2.24, 2.45) is 0 Å². The van der Waals surface area contributed by atoms with E-state index < -0.39 is 0 Å². The first-order valence-corrected chi connectivity index (χ1v) is 6.78. The first-order chi connectivity index (χ1) is 8.59. The Morgan fingerprint density at radius 3 is 2.94 bits per heavy atom. The Labute approximate surface area is 117 Å². The molecule has 1 aromatic rings. The van der Waals surface area contributed by atoms with Crippen molar-refractivity contribution in [3.05, 3.63) is 33.8 Å². The van der Waals surface area contributed by atoms with Gasteiger partial charge in [-0.25, -0.2) is 0 Å². The van der Waals surface area contributed by atoms with Gasteiger partial charge in [0.2, 0.25) is 0 Å². The van der Waals surface area contributed by atoms with Crippen molar-refractivity contribution in [1.82, 2.24) is 10.2 Å². The Hall–Kier alpha value is -0.770.